The van der Waals surface area contributed by atoms with Crippen LogP contribution in [0, 0.1) is 0 Å². The van der Waals surface area contributed by atoms with E-state index in [0.29, 0.717) is 11.1 Å². The molecule has 1 N–H and O–H groups in total. The summed E-state index contributed by atoms with van der Waals surface area (Å²) in [6, 6.07) is 0. The molecule has 0 aromatic carbocycles. The van der Waals surface area contributed by atoms with E-state index in [4.69, 9.17) is 0 Å². The Labute approximate surface area is 130 Å². The summed E-state index contributed by atoms with van der Waals surface area (Å²) >= 11 is 2.10. The van der Waals surface area contributed by atoms with E-state index in [2.05, 4.69) is 42.7 Å². The summed E-state index contributed by atoms with van der Waals surface area (Å²) < 4.78 is 0. The molecule has 3 heteroatoms. The van der Waals surface area contributed by atoms with Crippen LogP contribution in [-0.4, -0.2) is 47.1 Å². The van der Waals surface area contributed by atoms with Crippen molar-refractivity contribution in [2.75, 3.05) is 31.1 Å². The van der Waals surface area contributed by atoms with Crippen molar-refractivity contribution in [3.8, 4) is 0 Å². The van der Waals surface area contributed by atoms with E-state index in [9.17, 15) is 0 Å². The number of nitrogens with zero attached hydrogens (tertiary/aromatic N) is 1. The Kier molecular flexibility index (Phi) is 6.25. The predicted molar refractivity (Wildman–Crippen MR) is 91.7 cm³/mol. The Bertz CT molecular complexity index is 289. The molecular formula is C17H34N2S. The van der Waals surface area contributed by atoms with Gasteiger partial charge in [0, 0.05) is 24.2 Å². The Morgan fingerprint density at radius 1 is 1.15 bits per heavy atom. The molecular weight excluding hydrogens is 264 g/mol. The topological polar surface area (TPSA) is 15.3 Å². The molecule has 0 aromatic heterocycles. The van der Waals surface area contributed by atoms with Gasteiger partial charge in [0.05, 0.1) is 0 Å². The minimum absolute atomic E-state index is 0.334. The summed E-state index contributed by atoms with van der Waals surface area (Å²) in [5.41, 5.74) is 0.824. The molecule has 20 heavy (non-hydrogen) atoms. The monoisotopic (exact) mass is 298 g/mol. The second kappa shape index (κ2) is 7.51. The molecule has 1 atom stereocenters. The maximum Gasteiger partial charge on any atom is 0.0334 e. The van der Waals surface area contributed by atoms with Gasteiger partial charge >= 0.3 is 0 Å². The summed E-state index contributed by atoms with van der Waals surface area (Å²) in [4.78, 5) is 2.88. The third kappa shape index (κ3) is 3.92. The van der Waals surface area contributed by atoms with Crippen molar-refractivity contribution in [1.29, 1.82) is 0 Å². The average molecular weight is 299 g/mol. The Hall–Kier alpha value is 0.270. The van der Waals surface area contributed by atoms with Crippen molar-refractivity contribution < 1.29 is 0 Å². The molecule has 0 aromatic rings. The van der Waals surface area contributed by atoms with Crippen molar-refractivity contribution in [1.82, 2.24) is 10.2 Å². The molecule has 118 valence electrons. The van der Waals surface area contributed by atoms with E-state index in [0.717, 1.165) is 0 Å². The van der Waals surface area contributed by atoms with Gasteiger partial charge in [-0.1, -0.05) is 33.1 Å². The van der Waals surface area contributed by atoms with Crippen LogP contribution in [0.5, 0.6) is 0 Å². The van der Waals surface area contributed by atoms with Gasteiger partial charge < -0.3 is 5.32 Å². The molecule has 1 spiro atoms. The first-order chi connectivity index (χ1) is 9.64. The molecule has 1 aliphatic heterocycles. The van der Waals surface area contributed by atoms with Gasteiger partial charge in [-0.15, -0.1) is 0 Å². The van der Waals surface area contributed by atoms with Crippen molar-refractivity contribution in [3.63, 3.8) is 0 Å². The zero-order chi connectivity index (χ0) is 14.5. The fourth-order valence-electron chi connectivity index (χ4n) is 3.89. The highest BCUT2D eigenvalue weighted by atomic mass is 32.2. The minimum atomic E-state index is 0.334. The smallest absolute Gasteiger partial charge is 0.0334 e. The van der Waals surface area contributed by atoms with Gasteiger partial charge in [0.1, 0.15) is 0 Å². The molecule has 0 radical (unpaired) electrons. The molecule has 1 saturated carbocycles. The predicted octanol–water partition coefficient (Wildman–Crippen LogP) is 3.91. The number of hydrogen-bond donors (Lipinski definition) is 1. The van der Waals surface area contributed by atoms with Crippen LogP contribution in [-0.2, 0) is 0 Å². The lowest BCUT2D eigenvalue weighted by Gasteiger charge is -2.55. The second-order valence-corrected chi connectivity index (χ2v) is 8.42. The fourth-order valence-corrected chi connectivity index (χ4v) is 4.51. The summed E-state index contributed by atoms with van der Waals surface area (Å²) in [5, 5.41) is 3.89. The zero-order valence-corrected chi connectivity index (χ0v) is 14.7. The van der Waals surface area contributed by atoms with Gasteiger partial charge in [-0.05, 0) is 50.7 Å². The molecule has 0 amide bonds. The Morgan fingerprint density at radius 3 is 2.55 bits per heavy atom. The van der Waals surface area contributed by atoms with Crippen molar-refractivity contribution in [3.05, 3.63) is 0 Å². The summed E-state index contributed by atoms with van der Waals surface area (Å²) in [5.74, 6) is 2.60. The lowest BCUT2D eigenvalue weighted by atomic mass is 9.76. The highest BCUT2D eigenvalue weighted by Gasteiger charge is 2.44. The minimum Gasteiger partial charge on any atom is -0.308 e. The molecule has 2 nitrogen and oxygen atoms in total. The molecule has 2 aliphatic rings. The molecule has 1 saturated heterocycles. The normalized spacial score (nSPS) is 30.8. The molecule has 1 aliphatic carbocycles. The van der Waals surface area contributed by atoms with Gasteiger partial charge in [0.25, 0.3) is 0 Å². The first-order valence-electron chi connectivity index (χ1n) is 8.72. The second-order valence-electron chi connectivity index (χ2n) is 7.02. The zero-order valence-electron chi connectivity index (χ0n) is 13.8. The Balaban J connectivity index is 1.98. The lowest BCUT2D eigenvalue weighted by molar-refractivity contribution is -0.0151. The van der Waals surface area contributed by atoms with Gasteiger partial charge in [0.15, 0.2) is 0 Å². The van der Waals surface area contributed by atoms with Gasteiger partial charge in [0.2, 0.25) is 0 Å². The standard InChI is InChI=1S/C17H34N2S/c1-4-16(3)15-19(12-9-13-20-5-2)17(14-18-16)10-7-6-8-11-17/h18H,4-15H2,1-3H3. The van der Waals surface area contributed by atoms with Crippen LogP contribution in [0.1, 0.15) is 65.7 Å². The van der Waals surface area contributed by atoms with Crippen LogP contribution < -0.4 is 5.32 Å². The third-order valence-corrected chi connectivity index (χ3v) is 6.53. The molecule has 0 bridgehead atoms. The third-order valence-electron chi connectivity index (χ3n) is 5.54. The van der Waals surface area contributed by atoms with Gasteiger partial charge in [-0.2, -0.15) is 11.8 Å². The number of thioether (sulfide) groups is 1. The quantitative estimate of drug-likeness (QED) is 0.749. The van der Waals surface area contributed by atoms with Gasteiger partial charge in [-0.3, -0.25) is 4.90 Å². The number of nitrogens with one attached hydrogen (secondary N) is 1. The van der Waals surface area contributed by atoms with E-state index in [1.54, 1.807) is 0 Å². The largest absolute Gasteiger partial charge is 0.308 e. The SMILES string of the molecule is CCSCCCN1CC(C)(CC)NCC12CCCCC2. The van der Waals surface area contributed by atoms with Crippen LogP contribution in [0.25, 0.3) is 0 Å². The molecule has 1 heterocycles. The maximum atomic E-state index is 3.89. The first-order valence-corrected chi connectivity index (χ1v) is 9.87. The fraction of sp³-hybridized carbons (Fsp3) is 1.00. The summed E-state index contributed by atoms with van der Waals surface area (Å²) in [6.45, 7) is 10.8. The van der Waals surface area contributed by atoms with E-state index in [1.165, 1.54) is 76.1 Å². The van der Waals surface area contributed by atoms with Gasteiger partial charge in [-0.25, -0.2) is 0 Å². The van der Waals surface area contributed by atoms with Crippen molar-refractivity contribution in [2.45, 2.75) is 76.8 Å². The average Bonchev–Trinajstić information content (AvgIpc) is 2.49. The highest BCUT2D eigenvalue weighted by Crippen LogP contribution is 2.37. The first kappa shape index (κ1) is 16.6. The van der Waals surface area contributed by atoms with Crippen LogP contribution in [0.3, 0.4) is 0 Å². The van der Waals surface area contributed by atoms with Crippen molar-refractivity contribution >= 4 is 11.8 Å². The van der Waals surface area contributed by atoms with E-state index in [-0.39, 0.29) is 0 Å². The van der Waals surface area contributed by atoms with E-state index < -0.39 is 0 Å². The maximum absolute atomic E-state index is 3.89. The summed E-state index contributed by atoms with van der Waals surface area (Å²) in [6.07, 6.45) is 9.76. The lowest BCUT2D eigenvalue weighted by Crippen LogP contribution is -2.69. The van der Waals surface area contributed by atoms with Crippen LogP contribution >= 0.6 is 11.8 Å². The van der Waals surface area contributed by atoms with Crippen LogP contribution in [0.15, 0.2) is 0 Å². The van der Waals surface area contributed by atoms with E-state index >= 15 is 0 Å². The van der Waals surface area contributed by atoms with Crippen LogP contribution in [0.4, 0.5) is 0 Å². The number of rotatable bonds is 6. The molecule has 2 rings (SSSR count). The van der Waals surface area contributed by atoms with Crippen molar-refractivity contribution in [2.24, 2.45) is 0 Å². The number of hydrogen-bond acceptors (Lipinski definition) is 3. The van der Waals surface area contributed by atoms with E-state index in [1.807, 2.05) is 0 Å². The highest BCUT2D eigenvalue weighted by molar-refractivity contribution is 7.99. The number of piperazine rings is 1. The molecule has 1 unspecified atom stereocenters. The Morgan fingerprint density at radius 2 is 1.90 bits per heavy atom. The molecule has 2 fully saturated rings. The summed E-state index contributed by atoms with van der Waals surface area (Å²) in [7, 11) is 0. The van der Waals surface area contributed by atoms with Crippen LogP contribution in [0.2, 0.25) is 0 Å².